The predicted molar refractivity (Wildman–Crippen MR) is 91.3 cm³/mol. The summed E-state index contributed by atoms with van der Waals surface area (Å²) in [5, 5.41) is 21.5. The van der Waals surface area contributed by atoms with Crippen molar-refractivity contribution in [2.45, 2.75) is 25.4 Å². The number of carboxylic acids is 1. The van der Waals surface area contributed by atoms with Crippen LogP contribution in [0.15, 0.2) is 24.3 Å². The number of aliphatic carboxylic acids is 1. The first-order valence-electron chi connectivity index (χ1n) is 7.99. The minimum Gasteiger partial charge on any atom is -0.479 e. The Morgan fingerprint density at radius 3 is 2.56 bits per heavy atom. The third-order valence-electron chi connectivity index (χ3n) is 4.24. The number of nitrogens with zero attached hydrogens (tertiary/aromatic N) is 1. The lowest BCUT2D eigenvalue weighted by atomic mass is 9.96. The normalized spacial score (nSPS) is 19.8. The molecule has 136 valence electrons. The molecule has 2 rings (SSSR count). The van der Waals surface area contributed by atoms with Crippen molar-refractivity contribution in [3.05, 3.63) is 34.9 Å². The summed E-state index contributed by atoms with van der Waals surface area (Å²) in [5.74, 6) is -2.38. The van der Waals surface area contributed by atoms with E-state index < -0.39 is 17.5 Å². The van der Waals surface area contributed by atoms with Crippen molar-refractivity contribution >= 4 is 29.4 Å². The van der Waals surface area contributed by atoms with Gasteiger partial charge >= 0.3 is 5.97 Å². The van der Waals surface area contributed by atoms with Crippen LogP contribution < -0.4 is 5.32 Å². The van der Waals surface area contributed by atoms with E-state index in [1.165, 1.54) is 0 Å². The monoisotopic (exact) mass is 368 g/mol. The van der Waals surface area contributed by atoms with E-state index >= 15 is 0 Å². The van der Waals surface area contributed by atoms with E-state index in [0.717, 1.165) is 6.92 Å². The van der Waals surface area contributed by atoms with Crippen molar-refractivity contribution in [2.75, 3.05) is 19.6 Å². The van der Waals surface area contributed by atoms with E-state index in [-0.39, 0.29) is 24.9 Å². The first-order chi connectivity index (χ1) is 11.7. The molecule has 0 spiro atoms. The lowest BCUT2D eigenvalue weighted by Gasteiger charge is -2.32. The molecule has 1 fully saturated rings. The third-order valence-corrected chi connectivity index (χ3v) is 4.49. The van der Waals surface area contributed by atoms with E-state index in [2.05, 4.69) is 5.32 Å². The molecule has 0 aromatic heterocycles. The van der Waals surface area contributed by atoms with Gasteiger partial charge in [0.1, 0.15) is 0 Å². The molecule has 1 saturated heterocycles. The zero-order chi connectivity index (χ0) is 18.6. The second kappa shape index (κ2) is 7.84. The quantitative estimate of drug-likeness (QED) is 0.722. The van der Waals surface area contributed by atoms with Crippen LogP contribution in [0.1, 0.15) is 30.1 Å². The standard InChI is InChI=1S/C17H21ClN2O5/c1-17(25,16(23)24)10-19-14(21)12-3-2-8-20(9-12)15(22)11-4-6-13(18)7-5-11/h4-7,12,25H,2-3,8-10H2,1H3,(H,19,21)(H,23,24). The average Bonchev–Trinajstić information content (AvgIpc) is 2.59. The second-order valence-electron chi connectivity index (χ2n) is 6.39. The molecule has 2 unspecified atom stereocenters. The number of aliphatic hydroxyl groups is 1. The average molecular weight is 369 g/mol. The molecule has 7 nitrogen and oxygen atoms in total. The number of halogens is 1. The van der Waals surface area contributed by atoms with Crippen LogP contribution in [0.4, 0.5) is 0 Å². The highest BCUT2D eigenvalue weighted by atomic mass is 35.5. The number of carbonyl (C=O) groups is 3. The highest BCUT2D eigenvalue weighted by Gasteiger charge is 2.33. The minimum atomic E-state index is -2.02. The Balaban J connectivity index is 1.95. The zero-order valence-corrected chi connectivity index (χ0v) is 14.6. The minimum absolute atomic E-state index is 0.174. The molecule has 3 N–H and O–H groups in total. The highest BCUT2D eigenvalue weighted by Crippen LogP contribution is 2.20. The summed E-state index contributed by atoms with van der Waals surface area (Å²) in [6.07, 6.45) is 1.28. The molecular formula is C17H21ClN2O5. The maximum absolute atomic E-state index is 12.5. The molecule has 2 atom stereocenters. The molecule has 0 saturated carbocycles. The van der Waals surface area contributed by atoms with Crippen molar-refractivity contribution in [1.29, 1.82) is 0 Å². The van der Waals surface area contributed by atoms with Gasteiger partial charge < -0.3 is 20.4 Å². The SMILES string of the molecule is CC(O)(CNC(=O)C1CCCN(C(=O)c2ccc(Cl)cc2)C1)C(=O)O. The lowest BCUT2D eigenvalue weighted by molar-refractivity contribution is -0.156. The number of carbonyl (C=O) groups excluding carboxylic acids is 2. The van der Waals surface area contributed by atoms with Gasteiger partial charge in [0.2, 0.25) is 5.91 Å². The summed E-state index contributed by atoms with van der Waals surface area (Å²) in [7, 11) is 0. The molecule has 1 aromatic carbocycles. The number of nitrogens with one attached hydrogen (secondary N) is 1. The number of likely N-dealkylation sites (tertiary alicyclic amines) is 1. The summed E-state index contributed by atoms with van der Waals surface area (Å²) in [5.41, 5.74) is -1.53. The topological polar surface area (TPSA) is 107 Å². The van der Waals surface area contributed by atoms with Gasteiger partial charge in [-0.2, -0.15) is 0 Å². The summed E-state index contributed by atoms with van der Waals surface area (Å²) in [6.45, 7) is 1.54. The molecule has 1 aliphatic rings. The number of amides is 2. The number of rotatable bonds is 5. The summed E-state index contributed by atoms with van der Waals surface area (Å²) in [4.78, 5) is 37.2. The second-order valence-corrected chi connectivity index (χ2v) is 6.83. The number of hydrogen-bond acceptors (Lipinski definition) is 4. The summed E-state index contributed by atoms with van der Waals surface area (Å²) >= 11 is 5.82. The predicted octanol–water partition coefficient (Wildman–Crippen LogP) is 1.14. The molecule has 0 bridgehead atoms. The first-order valence-corrected chi connectivity index (χ1v) is 8.37. The Morgan fingerprint density at radius 1 is 1.32 bits per heavy atom. The molecular weight excluding hydrogens is 348 g/mol. The van der Waals surface area contributed by atoms with Crippen LogP contribution in [0, 0.1) is 5.92 Å². The van der Waals surface area contributed by atoms with Gasteiger partial charge in [0, 0.05) is 23.7 Å². The molecule has 1 aliphatic heterocycles. The maximum Gasteiger partial charge on any atom is 0.337 e. The van der Waals surface area contributed by atoms with Crippen molar-refractivity contribution in [3.63, 3.8) is 0 Å². The van der Waals surface area contributed by atoms with Crippen LogP contribution in [0.2, 0.25) is 5.02 Å². The Hall–Kier alpha value is -2.12. The van der Waals surface area contributed by atoms with Gasteiger partial charge in [-0.3, -0.25) is 9.59 Å². The molecule has 8 heteroatoms. The first kappa shape index (κ1) is 19.2. The van der Waals surface area contributed by atoms with Crippen molar-refractivity contribution in [2.24, 2.45) is 5.92 Å². The van der Waals surface area contributed by atoms with Gasteiger partial charge in [-0.25, -0.2) is 4.79 Å². The molecule has 0 aliphatic carbocycles. The maximum atomic E-state index is 12.5. The van der Waals surface area contributed by atoms with Crippen LogP contribution in [0.3, 0.4) is 0 Å². The zero-order valence-electron chi connectivity index (χ0n) is 13.9. The van der Waals surface area contributed by atoms with E-state index in [1.807, 2.05) is 0 Å². The Kier molecular flexibility index (Phi) is 6.02. The van der Waals surface area contributed by atoms with Gasteiger partial charge in [-0.05, 0) is 44.0 Å². The Bertz CT molecular complexity index is 660. The van der Waals surface area contributed by atoms with Gasteiger partial charge in [-0.15, -0.1) is 0 Å². The van der Waals surface area contributed by atoms with Crippen LogP contribution in [0.25, 0.3) is 0 Å². The summed E-state index contributed by atoms with van der Waals surface area (Å²) in [6, 6.07) is 6.55. The van der Waals surface area contributed by atoms with Gasteiger partial charge in [0.05, 0.1) is 12.5 Å². The van der Waals surface area contributed by atoms with Gasteiger partial charge in [0.15, 0.2) is 5.60 Å². The third kappa shape index (κ3) is 4.93. The molecule has 2 amide bonds. The largest absolute Gasteiger partial charge is 0.479 e. The highest BCUT2D eigenvalue weighted by molar-refractivity contribution is 6.30. The smallest absolute Gasteiger partial charge is 0.337 e. The summed E-state index contributed by atoms with van der Waals surface area (Å²) < 4.78 is 0. The number of piperidine rings is 1. The van der Waals surface area contributed by atoms with Crippen LogP contribution in [0.5, 0.6) is 0 Å². The fraction of sp³-hybridized carbons (Fsp3) is 0.471. The lowest BCUT2D eigenvalue weighted by Crippen LogP contribution is -2.50. The molecule has 25 heavy (non-hydrogen) atoms. The van der Waals surface area contributed by atoms with E-state index in [1.54, 1.807) is 29.2 Å². The Labute approximate surface area is 150 Å². The molecule has 0 radical (unpaired) electrons. The van der Waals surface area contributed by atoms with E-state index in [9.17, 15) is 19.5 Å². The van der Waals surface area contributed by atoms with Crippen LogP contribution in [-0.4, -0.2) is 58.1 Å². The molecule has 1 aromatic rings. The van der Waals surface area contributed by atoms with Gasteiger partial charge in [-0.1, -0.05) is 11.6 Å². The number of carboxylic acid groups (broad SMARTS) is 1. The van der Waals surface area contributed by atoms with E-state index in [0.29, 0.717) is 30.0 Å². The fourth-order valence-corrected chi connectivity index (χ4v) is 2.76. The van der Waals surface area contributed by atoms with Gasteiger partial charge in [0.25, 0.3) is 5.91 Å². The Morgan fingerprint density at radius 2 is 1.96 bits per heavy atom. The number of benzene rings is 1. The van der Waals surface area contributed by atoms with Crippen LogP contribution >= 0.6 is 11.6 Å². The van der Waals surface area contributed by atoms with E-state index in [4.69, 9.17) is 16.7 Å². The fourth-order valence-electron chi connectivity index (χ4n) is 2.63. The van der Waals surface area contributed by atoms with Crippen molar-refractivity contribution < 1.29 is 24.6 Å². The van der Waals surface area contributed by atoms with Crippen LogP contribution in [-0.2, 0) is 9.59 Å². The molecule has 1 heterocycles. The van der Waals surface area contributed by atoms with Crippen molar-refractivity contribution in [1.82, 2.24) is 10.2 Å². The number of hydrogen-bond donors (Lipinski definition) is 3. The van der Waals surface area contributed by atoms with Crippen molar-refractivity contribution in [3.8, 4) is 0 Å².